The van der Waals surface area contributed by atoms with Crippen LogP contribution >= 0.6 is 0 Å². The van der Waals surface area contributed by atoms with Gasteiger partial charge < -0.3 is 0 Å². The second kappa shape index (κ2) is 5.65. The molecule has 0 aromatic heterocycles. The Kier molecular flexibility index (Phi) is 5.17. The summed E-state index contributed by atoms with van der Waals surface area (Å²) in [4.78, 5) is 0.157. The third kappa shape index (κ3) is 3.66. The molecule has 5 heteroatoms. The second-order valence-electron chi connectivity index (χ2n) is 3.43. The van der Waals surface area contributed by atoms with Crippen LogP contribution in [0.5, 0.6) is 0 Å². The first kappa shape index (κ1) is 14.6. The lowest BCUT2D eigenvalue weighted by molar-refractivity contribution is 0.559. The summed E-state index contributed by atoms with van der Waals surface area (Å²) in [5.74, 6) is -0.0249. The SMILES string of the molecule is C=C(C)/C=C\C(=C/C)S(=O)(=O)N(C)C(C)=N. The monoisotopic (exact) mass is 242 g/mol. The molecule has 0 radical (unpaired) electrons. The number of nitrogens with one attached hydrogen (secondary N) is 1. The Morgan fingerprint density at radius 3 is 2.12 bits per heavy atom. The number of allylic oxidation sites excluding steroid dienone is 4. The molecule has 0 atom stereocenters. The van der Waals surface area contributed by atoms with Crippen molar-refractivity contribution in [3.8, 4) is 0 Å². The van der Waals surface area contributed by atoms with Crippen molar-refractivity contribution >= 4 is 15.9 Å². The van der Waals surface area contributed by atoms with Crippen LogP contribution < -0.4 is 0 Å². The van der Waals surface area contributed by atoms with Gasteiger partial charge in [0.15, 0.2) is 0 Å². The molecule has 0 amide bonds. The van der Waals surface area contributed by atoms with Gasteiger partial charge in [-0.05, 0) is 26.8 Å². The number of sulfonamides is 1. The zero-order valence-electron chi connectivity index (χ0n) is 10.1. The maximum Gasteiger partial charge on any atom is 0.264 e. The van der Waals surface area contributed by atoms with Crippen molar-refractivity contribution in [2.24, 2.45) is 0 Å². The fourth-order valence-corrected chi connectivity index (χ4v) is 2.11. The molecule has 1 N–H and O–H groups in total. The molecule has 0 bridgehead atoms. The zero-order valence-corrected chi connectivity index (χ0v) is 10.9. The average molecular weight is 242 g/mol. The number of hydrogen-bond acceptors (Lipinski definition) is 3. The van der Waals surface area contributed by atoms with E-state index < -0.39 is 10.0 Å². The van der Waals surface area contributed by atoms with Gasteiger partial charge in [0.25, 0.3) is 10.0 Å². The Morgan fingerprint density at radius 2 is 1.81 bits per heavy atom. The largest absolute Gasteiger partial charge is 0.288 e. The van der Waals surface area contributed by atoms with Crippen LogP contribution in [0.25, 0.3) is 0 Å². The molecule has 0 aliphatic heterocycles. The molecule has 0 rings (SSSR count). The highest BCUT2D eigenvalue weighted by molar-refractivity contribution is 7.93. The van der Waals surface area contributed by atoms with E-state index in [-0.39, 0.29) is 10.7 Å². The Labute approximate surface area is 97.5 Å². The van der Waals surface area contributed by atoms with Crippen molar-refractivity contribution in [3.63, 3.8) is 0 Å². The van der Waals surface area contributed by atoms with Gasteiger partial charge in [0.05, 0.1) is 4.91 Å². The molecule has 0 aromatic rings. The molecule has 0 aromatic carbocycles. The Balaban J connectivity index is 5.29. The topological polar surface area (TPSA) is 61.2 Å². The lowest BCUT2D eigenvalue weighted by Crippen LogP contribution is -2.31. The molecule has 0 heterocycles. The molecule has 0 aliphatic rings. The Morgan fingerprint density at radius 1 is 1.31 bits per heavy atom. The highest BCUT2D eigenvalue weighted by Crippen LogP contribution is 2.14. The van der Waals surface area contributed by atoms with Crippen LogP contribution in [0.15, 0.2) is 35.3 Å². The maximum absolute atomic E-state index is 12.0. The van der Waals surface area contributed by atoms with Crippen molar-refractivity contribution in [2.45, 2.75) is 20.8 Å². The molecule has 0 aliphatic carbocycles. The molecular weight excluding hydrogens is 224 g/mol. The van der Waals surface area contributed by atoms with E-state index in [1.165, 1.54) is 26.1 Å². The molecule has 0 saturated heterocycles. The number of hydrogen-bond donors (Lipinski definition) is 1. The fraction of sp³-hybridized carbons (Fsp3) is 0.364. The van der Waals surface area contributed by atoms with Gasteiger partial charge in [-0.1, -0.05) is 24.3 Å². The Hall–Kier alpha value is -1.36. The summed E-state index contributed by atoms with van der Waals surface area (Å²) in [6, 6.07) is 0. The van der Waals surface area contributed by atoms with Crippen LogP contribution in [0, 0.1) is 5.41 Å². The number of rotatable bonds is 4. The van der Waals surface area contributed by atoms with Gasteiger partial charge in [-0.25, -0.2) is 8.42 Å². The van der Waals surface area contributed by atoms with E-state index in [2.05, 4.69) is 6.58 Å². The zero-order chi connectivity index (χ0) is 12.9. The minimum atomic E-state index is -3.60. The third-order valence-electron chi connectivity index (χ3n) is 1.95. The first-order valence-electron chi connectivity index (χ1n) is 4.77. The van der Waals surface area contributed by atoms with Gasteiger partial charge in [0.1, 0.15) is 5.84 Å². The summed E-state index contributed by atoms with van der Waals surface area (Å²) in [6.07, 6.45) is 4.60. The first-order valence-corrected chi connectivity index (χ1v) is 6.21. The summed E-state index contributed by atoms with van der Waals surface area (Å²) in [6.45, 7) is 8.50. The van der Waals surface area contributed by atoms with Crippen molar-refractivity contribution in [1.29, 1.82) is 5.41 Å². The molecule has 0 fully saturated rings. The minimum absolute atomic E-state index is 0.0249. The van der Waals surface area contributed by atoms with E-state index in [1.807, 2.05) is 0 Å². The van der Waals surface area contributed by atoms with Crippen LogP contribution in [0.3, 0.4) is 0 Å². The molecule has 0 saturated carbocycles. The van der Waals surface area contributed by atoms with E-state index >= 15 is 0 Å². The highest BCUT2D eigenvalue weighted by Gasteiger charge is 2.21. The van der Waals surface area contributed by atoms with Crippen LogP contribution in [0.2, 0.25) is 0 Å². The van der Waals surface area contributed by atoms with E-state index in [9.17, 15) is 8.42 Å². The molecule has 4 nitrogen and oxygen atoms in total. The summed E-state index contributed by atoms with van der Waals surface area (Å²) in [5.41, 5.74) is 0.767. The fourth-order valence-electron chi connectivity index (χ4n) is 0.894. The summed E-state index contributed by atoms with van der Waals surface area (Å²) in [7, 11) is -2.25. The highest BCUT2D eigenvalue weighted by atomic mass is 32.2. The van der Waals surface area contributed by atoms with Crippen LogP contribution in [0.4, 0.5) is 0 Å². The quantitative estimate of drug-likeness (QED) is 0.467. The maximum atomic E-state index is 12.0. The molecule has 0 unspecified atom stereocenters. The smallest absolute Gasteiger partial charge is 0.264 e. The van der Waals surface area contributed by atoms with Crippen molar-refractivity contribution in [1.82, 2.24) is 4.31 Å². The second-order valence-corrected chi connectivity index (χ2v) is 5.40. The van der Waals surface area contributed by atoms with Crippen molar-refractivity contribution in [2.75, 3.05) is 7.05 Å². The lowest BCUT2D eigenvalue weighted by Gasteiger charge is -2.17. The van der Waals surface area contributed by atoms with Crippen LogP contribution in [0.1, 0.15) is 20.8 Å². The van der Waals surface area contributed by atoms with Crippen LogP contribution in [-0.2, 0) is 10.0 Å². The van der Waals surface area contributed by atoms with E-state index in [4.69, 9.17) is 5.41 Å². The normalized spacial score (nSPS) is 12.9. The predicted molar refractivity (Wildman–Crippen MR) is 67.8 cm³/mol. The number of nitrogens with zero attached hydrogens (tertiary/aromatic N) is 1. The lowest BCUT2D eigenvalue weighted by atomic mass is 10.3. The standard InChI is InChI=1S/C11H18N2O2S/c1-6-11(8-7-9(2)3)16(14,15)13(5)10(4)12/h6-8,12H,2H2,1,3-5H3/b8-7-,11-6+,12-10?. The molecule has 90 valence electrons. The van der Waals surface area contributed by atoms with Gasteiger partial charge in [-0.15, -0.1) is 0 Å². The average Bonchev–Trinajstić information content (AvgIpc) is 2.16. The van der Waals surface area contributed by atoms with Gasteiger partial charge >= 0.3 is 0 Å². The molecular formula is C11H18N2O2S. The van der Waals surface area contributed by atoms with E-state index in [0.717, 1.165) is 9.88 Å². The van der Waals surface area contributed by atoms with Crippen molar-refractivity contribution in [3.05, 3.63) is 35.3 Å². The summed E-state index contributed by atoms with van der Waals surface area (Å²) in [5, 5.41) is 7.32. The van der Waals surface area contributed by atoms with Crippen molar-refractivity contribution < 1.29 is 8.42 Å². The van der Waals surface area contributed by atoms with Crippen LogP contribution in [-0.4, -0.2) is 25.6 Å². The third-order valence-corrected chi connectivity index (χ3v) is 3.91. The van der Waals surface area contributed by atoms with E-state index in [0.29, 0.717) is 0 Å². The Bertz CT molecular complexity index is 445. The van der Waals surface area contributed by atoms with Gasteiger partial charge in [-0.3, -0.25) is 9.71 Å². The van der Waals surface area contributed by atoms with Gasteiger partial charge in [0.2, 0.25) is 0 Å². The molecule has 0 spiro atoms. The molecule has 16 heavy (non-hydrogen) atoms. The minimum Gasteiger partial charge on any atom is -0.288 e. The summed E-state index contributed by atoms with van der Waals surface area (Å²) < 4.78 is 24.8. The number of amidine groups is 1. The van der Waals surface area contributed by atoms with E-state index in [1.54, 1.807) is 19.9 Å². The van der Waals surface area contributed by atoms with Gasteiger partial charge in [0, 0.05) is 7.05 Å². The first-order chi connectivity index (χ1) is 7.23. The summed E-state index contributed by atoms with van der Waals surface area (Å²) >= 11 is 0. The van der Waals surface area contributed by atoms with Gasteiger partial charge in [-0.2, -0.15) is 0 Å². The predicted octanol–water partition coefficient (Wildman–Crippen LogP) is 2.28.